The van der Waals surface area contributed by atoms with Crippen LogP contribution in [0, 0.1) is 0 Å². The number of unbranched alkanes of at least 4 members (excludes halogenated alkanes) is 2. The molecule has 0 radical (unpaired) electrons. The fourth-order valence-electron chi connectivity index (χ4n) is 4.22. The Balaban J connectivity index is 1.73. The lowest BCUT2D eigenvalue weighted by Crippen LogP contribution is -2.32. The van der Waals surface area contributed by atoms with Crippen LogP contribution in [0.5, 0.6) is 5.75 Å². The topological polar surface area (TPSA) is 80.0 Å². The number of rotatable bonds is 9. The molecule has 6 nitrogen and oxygen atoms in total. The predicted molar refractivity (Wildman–Crippen MR) is 126 cm³/mol. The van der Waals surface area contributed by atoms with Gasteiger partial charge in [0.2, 0.25) is 5.78 Å². The van der Waals surface area contributed by atoms with E-state index in [2.05, 4.69) is 6.92 Å². The van der Waals surface area contributed by atoms with Gasteiger partial charge in [-0.2, -0.15) is 0 Å². The molecule has 0 bridgehead atoms. The van der Waals surface area contributed by atoms with Crippen molar-refractivity contribution in [1.29, 1.82) is 0 Å². The molecule has 0 aliphatic carbocycles. The van der Waals surface area contributed by atoms with Crippen LogP contribution in [0.1, 0.15) is 62.2 Å². The zero-order chi connectivity index (χ0) is 23.5. The van der Waals surface area contributed by atoms with Crippen LogP contribution in [0.15, 0.2) is 70.3 Å². The first-order chi connectivity index (χ1) is 15.9. The van der Waals surface area contributed by atoms with Gasteiger partial charge in [-0.15, -0.1) is 0 Å². The van der Waals surface area contributed by atoms with Crippen molar-refractivity contribution in [2.75, 3.05) is 6.54 Å². The van der Waals surface area contributed by atoms with E-state index < -0.39 is 23.5 Å². The average molecular weight is 448 g/mol. The highest BCUT2D eigenvalue weighted by Crippen LogP contribution is 2.40. The van der Waals surface area contributed by atoms with Gasteiger partial charge in [-0.25, -0.2) is 0 Å². The van der Waals surface area contributed by atoms with E-state index in [4.69, 9.17) is 9.15 Å². The molecule has 1 N–H and O–H groups in total. The van der Waals surface area contributed by atoms with E-state index in [9.17, 15) is 14.7 Å². The lowest BCUT2D eigenvalue weighted by molar-refractivity contribution is -0.129. The molecule has 1 unspecified atom stereocenters. The number of aliphatic hydroxyl groups is 1. The van der Waals surface area contributed by atoms with Crippen LogP contribution in [-0.2, 0) is 4.79 Å². The van der Waals surface area contributed by atoms with Gasteiger partial charge < -0.3 is 19.2 Å². The Morgan fingerprint density at radius 2 is 1.85 bits per heavy atom. The van der Waals surface area contributed by atoms with Gasteiger partial charge in [0.25, 0.3) is 5.91 Å². The van der Waals surface area contributed by atoms with E-state index in [0.717, 1.165) is 30.2 Å². The molecule has 1 aromatic heterocycles. The Kier molecular flexibility index (Phi) is 6.54. The van der Waals surface area contributed by atoms with Gasteiger partial charge in [0.05, 0.1) is 17.7 Å². The Morgan fingerprint density at radius 3 is 2.52 bits per heavy atom. The van der Waals surface area contributed by atoms with Gasteiger partial charge in [-0.3, -0.25) is 9.59 Å². The molecule has 1 aliphatic heterocycles. The summed E-state index contributed by atoms with van der Waals surface area (Å²) in [7, 11) is 0. The SMILES string of the molecule is CCCCCN1C(=O)C(O)=C(C(=O)c2cc3ccccc3o2)C1c1ccc(OC(C)C)cc1. The predicted octanol–water partition coefficient (Wildman–Crippen LogP) is 5.99. The summed E-state index contributed by atoms with van der Waals surface area (Å²) in [6.45, 7) is 6.43. The number of amides is 1. The molecular weight excluding hydrogens is 418 g/mol. The summed E-state index contributed by atoms with van der Waals surface area (Å²) in [5, 5.41) is 11.6. The molecule has 172 valence electrons. The number of hydrogen-bond acceptors (Lipinski definition) is 5. The largest absolute Gasteiger partial charge is 0.503 e. The number of ketones is 1. The second-order valence-electron chi connectivity index (χ2n) is 8.58. The third kappa shape index (κ3) is 4.51. The first-order valence-electron chi connectivity index (χ1n) is 11.4. The average Bonchev–Trinajstić information content (AvgIpc) is 3.34. The number of aliphatic hydroxyl groups excluding tert-OH is 1. The minimum atomic E-state index is -0.692. The van der Waals surface area contributed by atoms with Crippen molar-refractivity contribution in [3.63, 3.8) is 0 Å². The van der Waals surface area contributed by atoms with E-state index >= 15 is 0 Å². The molecule has 4 rings (SSSR count). The maximum absolute atomic E-state index is 13.5. The van der Waals surface area contributed by atoms with Crippen LogP contribution in [0.3, 0.4) is 0 Å². The second-order valence-corrected chi connectivity index (χ2v) is 8.58. The van der Waals surface area contributed by atoms with E-state index in [1.807, 2.05) is 56.3 Å². The Bertz CT molecular complexity index is 1160. The number of furan rings is 1. The monoisotopic (exact) mass is 447 g/mol. The molecule has 1 amide bonds. The van der Waals surface area contributed by atoms with Crippen LogP contribution in [0.25, 0.3) is 11.0 Å². The van der Waals surface area contributed by atoms with Crippen molar-refractivity contribution in [3.8, 4) is 5.75 Å². The number of benzene rings is 2. The Hall–Kier alpha value is -3.54. The summed E-state index contributed by atoms with van der Waals surface area (Å²) in [4.78, 5) is 28.1. The number of nitrogens with zero attached hydrogens (tertiary/aromatic N) is 1. The summed E-state index contributed by atoms with van der Waals surface area (Å²) < 4.78 is 11.5. The Labute approximate surface area is 193 Å². The maximum Gasteiger partial charge on any atom is 0.290 e. The quantitative estimate of drug-likeness (QED) is 0.322. The summed E-state index contributed by atoms with van der Waals surface area (Å²) in [5.74, 6) is -0.718. The van der Waals surface area contributed by atoms with Gasteiger partial charge in [0.1, 0.15) is 11.3 Å². The number of hydrogen-bond donors (Lipinski definition) is 1. The number of para-hydroxylation sites is 1. The van der Waals surface area contributed by atoms with E-state index in [1.54, 1.807) is 17.0 Å². The standard InChI is InChI=1S/C27H29NO5/c1-4-5-8-15-28-24(18-11-13-20(14-12-18)32-17(2)3)23(26(30)27(28)31)25(29)22-16-19-9-6-7-10-21(19)33-22/h6-7,9-14,16-17,24,30H,4-5,8,15H2,1-3H3. The molecular formula is C27H29NO5. The van der Waals surface area contributed by atoms with Crippen LogP contribution < -0.4 is 4.74 Å². The van der Waals surface area contributed by atoms with Crippen molar-refractivity contribution in [2.24, 2.45) is 0 Å². The van der Waals surface area contributed by atoms with Gasteiger partial charge in [-0.1, -0.05) is 50.1 Å². The van der Waals surface area contributed by atoms with Crippen molar-refractivity contribution in [3.05, 3.63) is 77.3 Å². The first kappa shape index (κ1) is 22.6. The first-order valence-corrected chi connectivity index (χ1v) is 11.4. The van der Waals surface area contributed by atoms with Crippen molar-refractivity contribution < 1.29 is 23.8 Å². The number of carbonyl (C=O) groups is 2. The molecule has 2 aromatic carbocycles. The zero-order valence-electron chi connectivity index (χ0n) is 19.2. The molecule has 3 aromatic rings. The van der Waals surface area contributed by atoms with Crippen LogP contribution >= 0.6 is 0 Å². The summed E-state index contributed by atoms with van der Waals surface area (Å²) in [6, 6.07) is 15.6. The molecule has 0 saturated carbocycles. The lowest BCUT2D eigenvalue weighted by Gasteiger charge is -2.27. The third-order valence-electron chi connectivity index (χ3n) is 5.77. The maximum atomic E-state index is 13.5. The van der Waals surface area contributed by atoms with Crippen molar-refractivity contribution >= 4 is 22.7 Å². The van der Waals surface area contributed by atoms with E-state index in [-0.39, 0.29) is 17.4 Å². The summed E-state index contributed by atoms with van der Waals surface area (Å²) in [5.41, 5.74) is 1.37. The van der Waals surface area contributed by atoms with Gasteiger partial charge >= 0.3 is 0 Å². The summed E-state index contributed by atoms with van der Waals surface area (Å²) in [6.07, 6.45) is 2.76. The minimum Gasteiger partial charge on any atom is -0.503 e. The number of Topliss-reactive ketones (excluding diaryl/α,β-unsaturated/α-hetero) is 1. The molecule has 0 saturated heterocycles. The van der Waals surface area contributed by atoms with E-state index in [1.165, 1.54) is 0 Å². The molecule has 1 atom stereocenters. The van der Waals surface area contributed by atoms with Gasteiger partial charge in [0.15, 0.2) is 11.5 Å². The normalized spacial score (nSPS) is 16.3. The summed E-state index contributed by atoms with van der Waals surface area (Å²) >= 11 is 0. The highest BCUT2D eigenvalue weighted by Gasteiger charge is 2.44. The van der Waals surface area contributed by atoms with Gasteiger partial charge in [0, 0.05) is 11.9 Å². The molecule has 1 aliphatic rings. The third-order valence-corrected chi connectivity index (χ3v) is 5.77. The molecule has 33 heavy (non-hydrogen) atoms. The second kappa shape index (κ2) is 9.53. The minimum absolute atomic E-state index is 0.0311. The molecule has 6 heteroatoms. The van der Waals surface area contributed by atoms with Crippen LogP contribution in [0.4, 0.5) is 0 Å². The smallest absolute Gasteiger partial charge is 0.290 e. The Morgan fingerprint density at radius 1 is 1.12 bits per heavy atom. The number of ether oxygens (including phenoxy) is 1. The number of carbonyl (C=O) groups excluding carboxylic acids is 2. The van der Waals surface area contributed by atoms with Crippen LogP contribution in [-0.4, -0.2) is 34.3 Å². The number of fused-ring (bicyclic) bond motifs is 1. The highest BCUT2D eigenvalue weighted by atomic mass is 16.5. The molecule has 0 spiro atoms. The van der Waals surface area contributed by atoms with Crippen molar-refractivity contribution in [2.45, 2.75) is 52.2 Å². The highest BCUT2D eigenvalue weighted by molar-refractivity contribution is 6.16. The fourth-order valence-corrected chi connectivity index (χ4v) is 4.22. The molecule has 2 heterocycles. The lowest BCUT2D eigenvalue weighted by atomic mass is 9.94. The van der Waals surface area contributed by atoms with Crippen LogP contribution in [0.2, 0.25) is 0 Å². The van der Waals surface area contributed by atoms with Gasteiger partial charge in [-0.05, 0) is 50.1 Å². The molecule has 0 fully saturated rings. The zero-order valence-corrected chi connectivity index (χ0v) is 19.2. The fraction of sp³-hybridized carbons (Fsp3) is 0.333. The van der Waals surface area contributed by atoms with E-state index in [0.29, 0.717) is 17.9 Å². The van der Waals surface area contributed by atoms with Crippen molar-refractivity contribution in [1.82, 2.24) is 4.90 Å².